The summed E-state index contributed by atoms with van der Waals surface area (Å²) in [4.78, 5) is 2.15. The monoisotopic (exact) mass is 334 g/mol. The van der Waals surface area contributed by atoms with E-state index in [-0.39, 0.29) is 10.9 Å². The first kappa shape index (κ1) is 16.1. The van der Waals surface area contributed by atoms with E-state index in [0.29, 0.717) is 19.6 Å². The minimum Gasteiger partial charge on any atom is -0.297 e. The molecule has 0 aliphatic carbocycles. The lowest BCUT2D eigenvalue weighted by atomic mass is 10.0. The van der Waals surface area contributed by atoms with Gasteiger partial charge in [0.15, 0.2) is 0 Å². The standard InChI is InChI=1S/C17H19FN2O2S/c1-19-10-11-20(13-17(19)14-6-3-2-4-7-14)23(21,22)16-9-5-8-15(18)12-16/h2-9,12,17H,10-11,13H2,1H3/t17-/m0/s1. The van der Waals surface area contributed by atoms with Crippen LogP contribution in [0.2, 0.25) is 0 Å². The molecule has 1 heterocycles. The van der Waals surface area contributed by atoms with E-state index in [9.17, 15) is 12.8 Å². The summed E-state index contributed by atoms with van der Waals surface area (Å²) in [5.41, 5.74) is 1.08. The lowest BCUT2D eigenvalue weighted by Crippen LogP contribution is -2.48. The molecule has 0 radical (unpaired) electrons. The molecule has 122 valence electrons. The van der Waals surface area contributed by atoms with Gasteiger partial charge in [0.1, 0.15) is 5.82 Å². The van der Waals surface area contributed by atoms with Crippen molar-refractivity contribution in [1.29, 1.82) is 0 Å². The van der Waals surface area contributed by atoms with Crippen molar-refractivity contribution in [2.45, 2.75) is 10.9 Å². The Kier molecular flexibility index (Phi) is 4.48. The van der Waals surface area contributed by atoms with Crippen LogP contribution >= 0.6 is 0 Å². The summed E-state index contributed by atoms with van der Waals surface area (Å²) in [5, 5.41) is 0. The molecule has 2 aromatic rings. The molecule has 1 aliphatic heterocycles. The molecule has 3 rings (SSSR count). The molecule has 4 nitrogen and oxygen atoms in total. The van der Waals surface area contributed by atoms with E-state index in [2.05, 4.69) is 4.90 Å². The van der Waals surface area contributed by atoms with Crippen molar-refractivity contribution in [1.82, 2.24) is 9.21 Å². The van der Waals surface area contributed by atoms with Crippen LogP contribution in [-0.2, 0) is 10.0 Å². The third kappa shape index (κ3) is 3.29. The van der Waals surface area contributed by atoms with Gasteiger partial charge in [-0.1, -0.05) is 36.4 Å². The van der Waals surface area contributed by atoms with Gasteiger partial charge in [0, 0.05) is 25.7 Å². The van der Waals surface area contributed by atoms with E-state index in [1.54, 1.807) is 0 Å². The van der Waals surface area contributed by atoms with E-state index in [1.165, 1.54) is 22.5 Å². The Labute approximate surface area is 136 Å². The number of benzene rings is 2. The molecule has 0 saturated carbocycles. The fourth-order valence-electron chi connectivity index (χ4n) is 2.88. The first-order chi connectivity index (χ1) is 11.0. The summed E-state index contributed by atoms with van der Waals surface area (Å²) in [7, 11) is -1.69. The minimum atomic E-state index is -3.68. The fraction of sp³-hybridized carbons (Fsp3) is 0.294. The smallest absolute Gasteiger partial charge is 0.243 e. The third-order valence-electron chi connectivity index (χ3n) is 4.23. The van der Waals surface area contributed by atoms with Crippen LogP contribution in [-0.4, -0.2) is 44.3 Å². The van der Waals surface area contributed by atoms with E-state index in [0.717, 1.165) is 11.6 Å². The maximum Gasteiger partial charge on any atom is 0.243 e. The molecule has 23 heavy (non-hydrogen) atoms. The van der Waals surface area contributed by atoms with Gasteiger partial charge in [-0.2, -0.15) is 4.31 Å². The highest BCUT2D eigenvalue weighted by atomic mass is 32.2. The number of hydrogen-bond acceptors (Lipinski definition) is 3. The molecular formula is C17H19FN2O2S. The molecule has 1 aliphatic rings. The van der Waals surface area contributed by atoms with Crippen molar-refractivity contribution in [3.63, 3.8) is 0 Å². The van der Waals surface area contributed by atoms with Crippen molar-refractivity contribution in [2.75, 3.05) is 26.7 Å². The SMILES string of the molecule is CN1CCN(S(=O)(=O)c2cccc(F)c2)C[C@H]1c1ccccc1. The molecular weight excluding hydrogens is 315 g/mol. The second-order valence-electron chi connectivity index (χ2n) is 5.73. The molecule has 0 amide bonds. The summed E-state index contributed by atoms with van der Waals surface area (Å²) >= 11 is 0. The van der Waals surface area contributed by atoms with Crippen LogP contribution < -0.4 is 0 Å². The van der Waals surface area contributed by atoms with Crippen molar-refractivity contribution in [3.05, 3.63) is 66.0 Å². The second-order valence-corrected chi connectivity index (χ2v) is 7.67. The average molecular weight is 334 g/mol. The van der Waals surface area contributed by atoms with Crippen molar-refractivity contribution < 1.29 is 12.8 Å². The first-order valence-corrected chi connectivity index (χ1v) is 8.93. The highest BCUT2D eigenvalue weighted by Crippen LogP contribution is 2.27. The predicted octanol–water partition coefficient (Wildman–Crippen LogP) is 2.50. The lowest BCUT2D eigenvalue weighted by Gasteiger charge is -2.39. The lowest BCUT2D eigenvalue weighted by molar-refractivity contribution is 0.148. The van der Waals surface area contributed by atoms with Crippen LogP contribution in [0.1, 0.15) is 11.6 Å². The molecule has 0 aromatic heterocycles. The maximum atomic E-state index is 13.4. The van der Waals surface area contributed by atoms with Gasteiger partial charge in [-0.3, -0.25) is 4.90 Å². The van der Waals surface area contributed by atoms with E-state index in [4.69, 9.17) is 0 Å². The normalized spacial score (nSPS) is 20.5. The van der Waals surface area contributed by atoms with E-state index in [1.807, 2.05) is 37.4 Å². The number of nitrogens with zero attached hydrogens (tertiary/aromatic N) is 2. The van der Waals surface area contributed by atoms with E-state index >= 15 is 0 Å². The number of likely N-dealkylation sites (N-methyl/N-ethyl adjacent to an activating group) is 1. The van der Waals surface area contributed by atoms with Gasteiger partial charge in [-0.05, 0) is 30.8 Å². The summed E-state index contributed by atoms with van der Waals surface area (Å²) in [6.07, 6.45) is 0. The Bertz CT molecular complexity index is 780. The van der Waals surface area contributed by atoms with E-state index < -0.39 is 15.8 Å². The average Bonchev–Trinajstić information content (AvgIpc) is 2.56. The van der Waals surface area contributed by atoms with Crippen molar-refractivity contribution in [2.24, 2.45) is 0 Å². The van der Waals surface area contributed by atoms with Gasteiger partial charge in [-0.15, -0.1) is 0 Å². The Hall–Kier alpha value is -1.76. The Morgan fingerprint density at radius 2 is 1.78 bits per heavy atom. The minimum absolute atomic E-state index is 0.00622. The van der Waals surface area contributed by atoms with Crippen LogP contribution in [0.3, 0.4) is 0 Å². The van der Waals surface area contributed by atoms with Crippen LogP contribution in [0.25, 0.3) is 0 Å². The molecule has 0 N–H and O–H groups in total. The Morgan fingerprint density at radius 1 is 1.04 bits per heavy atom. The summed E-state index contributed by atoms with van der Waals surface area (Å²) in [6, 6.07) is 15.0. The molecule has 0 bridgehead atoms. The number of rotatable bonds is 3. The molecule has 6 heteroatoms. The van der Waals surface area contributed by atoms with Crippen LogP contribution in [0.4, 0.5) is 4.39 Å². The number of piperazine rings is 1. The zero-order valence-corrected chi connectivity index (χ0v) is 13.7. The zero-order valence-electron chi connectivity index (χ0n) is 12.9. The van der Waals surface area contributed by atoms with Gasteiger partial charge < -0.3 is 0 Å². The van der Waals surface area contributed by atoms with Gasteiger partial charge in [-0.25, -0.2) is 12.8 Å². The molecule has 1 fully saturated rings. The molecule has 0 unspecified atom stereocenters. The largest absolute Gasteiger partial charge is 0.297 e. The predicted molar refractivity (Wildman–Crippen MR) is 87.0 cm³/mol. The van der Waals surface area contributed by atoms with Gasteiger partial charge >= 0.3 is 0 Å². The van der Waals surface area contributed by atoms with Crippen molar-refractivity contribution in [3.8, 4) is 0 Å². The Balaban J connectivity index is 1.89. The van der Waals surface area contributed by atoms with Crippen LogP contribution in [0.15, 0.2) is 59.5 Å². The number of hydrogen-bond donors (Lipinski definition) is 0. The summed E-state index contributed by atoms with van der Waals surface area (Å²) in [5.74, 6) is -0.542. The van der Waals surface area contributed by atoms with Crippen molar-refractivity contribution >= 4 is 10.0 Å². The van der Waals surface area contributed by atoms with Gasteiger partial charge in [0.05, 0.1) is 4.90 Å². The highest BCUT2D eigenvalue weighted by molar-refractivity contribution is 7.89. The summed E-state index contributed by atoms with van der Waals surface area (Å²) < 4.78 is 40.3. The topological polar surface area (TPSA) is 40.6 Å². The quantitative estimate of drug-likeness (QED) is 0.866. The molecule has 0 spiro atoms. The van der Waals surface area contributed by atoms with Gasteiger partial charge in [0.25, 0.3) is 0 Å². The zero-order chi connectivity index (χ0) is 16.4. The second kappa shape index (κ2) is 6.39. The maximum absolute atomic E-state index is 13.4. The van der Waals surface area contributed by atoms with Crippen LogP contribution in [0, 0.1) is 5.82 Å². The highest BCUT2D eigenvalue weighted by Gasteiger charge is 2.33. The Morgan fingerprint density at radius 3 is 2.48 bits per heavy atom. The molecule has 1 atom stereocenters. The number of halogens is 1. The third-order valence-corrected chi connectivity index (χ3v) is 6.09. The van der Waals surface area contributed by atoms with Gasteiger partial charge in [0.2, 0.25) is 10.0 Å². The fourth-order valence-corrected chi connectivity index (χ4v) is 4.35. The molecule has 1 saturated heterocycles. The molecule has 2 aromatic carbocycles. The first-order valence-electron chi connectivity index (χ1n) is 7.49. The van der Waals surface area contributed by atoms with Crippen LogP contribution in [0.5, 0.6) is 0 Å². The summed E-state index contributed by atoms with van der Waals surface area (Å²) in [6.45, 7) is 1.39. The number of sulfonamides is 1.